The number of carbonyl (C=O) groups excluding carboxylic acids is 2. The zero-order chi connectivity index (χ0) is 21.8. The number of halogens is 1. The predicted octanol–water partition coefficient (Wildman–Crippen LogP) is 4.21. The summed E-state index contributed by atoms with van der Waals surface area (Å²) in [5, 5.41) is 7.31. The molecule has 3 N–H and O–H groups in total. The second kappa shape index (κ2) is 9.18. The van der Waals surface area contributed by atoms with Gasteiger partial charge in [-0.2, -0.15) is 0 Å². The quantitative estimate of drug-likeness (QED) is 0.493. The first-order valence-corrected chi connectivity index (χ1v) is 10.3. The van der Waals surface area contributed by atoms with Gasteiger partial charge in [-0.3, -0.25) is 9.59 Å². The number of fused-ring (bicyclic) bond motifs is 2. The Bertz CT molecular complexity index is 1130. The van der Waals surface area contributed by atoms with Gasteiger partial charge < -0.3 is 29.8 Å². The number of hydrogen-bond acceptors (Lipinski definition) is 6. The van der Waals surface area contributed by atoms with Gasteiger partial charge in [-0.1, -0.05) is 11.6 Å². The Morgan fingerprint density at radius 3 is 2.84 bits per heavy atom. The van der Waals surface area contributed by atoms with E-state index in [4.69, 9.17) is 25.8 Å². The molecule has 2 heterocycles. The third-order valence-electron chi connectivity index (χ3n) is 4.66. The molecule has 0 fully saturated rings. The normalized spacial score (nSPS) is 12.8. The highest BCUT2D eigenvalue weighted by Crippen LogP contribution is 2.40. The minimum absolute atomic E-state index is 0.0379. The van der Waals surface area contributed by atoms with Crippen molar-refractivity contribution in [2.45, 2.75) is 13.3 Å². The fourth-order valence-corrected chi connectivity index (χ4v) is 3.46. The average molecular weight is 444 g/mol. The van der Waals surface area contributed by atoms with Crippen LogP contribution < -0.4 is 20.1 Å². The van der Waals surface area contributed by atoms with Gasteiger partial charge in [0.1, 0.15) is 12.2 Å². The molecular weight excluding hydrogens is 422 g/mol. The monoisotopic (exact) mass is 443 g/mol. The third kappa shape index (κ3) is 4.86. The Morgan fingerprint density at radius 2 is 2.00 bits per heavy atom. The van der Waals surface area contributed by atoms with Gasteiger partial charge in [-0.25, -0.2) is 0 Å². The molecule has 4 rings (SSSR count). The largest absolute Gasteiger partial charge is 0.489 e. The van der Waals surface area contributed by atoms with Crippen molar-refractivity contribution < 1.29 is 23.8 Å². The van der Waals surface area contributed by atoms with Crippen LogP contribution in [0, 0.1) is 0 Å². The van der Waals surface area contributed by atoms with Crippen molar-refractivity contribution in [3.05, 3.63) is 47.1 Å². The van der Waals surface area contributed by atoms with Crippen LogP contribution in [0.3, 0.4) is 0 Å². The van der Waals surface area contributed by atoms with Gasteiger partial charge in [-0.15, -0.1) is 0 Å². The average Bonchev–Trinajstić information content (AvgIpc) is 3.02. The Balaban J connectivity index is 1.59. The zero-order valence-electron chi connectivity index (χ0n) is 16.9. The number of benzene rings is 2. The number of aromatic nitrogens is 1. The first-order valence-electron chi connectivity index (χ1n) is 9.96. The lowest BCUT2D eigenvalue weighted by atomic mass is 10.2. The fourth-order valence-electron chi connectivity index (χ4n) is 3.28. The maximum absolute atomic E-state index is 12.8. The van der Waals surface area contributed by atoms with Crippen LogP contribution in [0.4, 0.5) is 11.4 Å². The van der Waals surface area contributed by atoms with Crippen molar-refractivity contribution in [3.8, 4) is 11.5 Å². The first kappa shape index (κ1) is 20.9. The second-order valence-electron chi connectivity index (χ2n) is 6.93. The summed E-state index contributed by atoms with van der Waals surface area (Å²) in [4.78, 5) is 27.7. The summed E-state index contributed by atoms with van der Waals surface area (Å²) < 4.78 is 16.5. The van der Waals surface area contributed by atoms with Crippen LogP contribution in [0.2, 0.25) is 5.02 Å². The highest BCUT2D eigenvalue weighted by molar-refractivity contribution is 6.31. The molecule has 0 radical (unpaired) electrons. The molecular formula is C22H22ClN3O5. The van der Waals surface area contributed by atoms with Crippen LogP contribution in [0.5, 0.6) is 11.5 Å². The summed E-state index contributed by atoms with van der Waals surface area (Å²) in [5.41, 5.74) is 2.24. The van der Waals surface area contributed by atoms with E-state index in [1.807, 2.05) is 6.07 Å². The van der Waals surface area contributed by atoms with E-state index in [0.29, 0.717) is 53.4 Å². The molecule has 162 valence electrons. The van der Waals surface area contributed by atoms with Gasteiger partial charge in [0.05, 0.1) is 25.5 Å². The molecule has 3 aromatic rings. The molecule has 2 aromatic carbocycles. The van der Waals surface area contributed by atoms with Crippen LogP contribution in [0.15, 0.2) is 36.4 Å². The van der Waals surface area contributed by atoms with Gasteiger partial charge in [0.15, 0.2) is 11.5 Å². The van der Waals surface area contributed by atoms with Crippen LogP contribution in [-0.4, -0.2) is 43.2 Å². The van der Waals surface area contributed by atoms with Crippen molar-refractivity contribution in [1.29, 1.82) is 0 Å². The lowest BCUT2D eigenvalue weighted by Crippen LogP contribution is -2.18. The summed E-state index contributed by atoms with van der Waals surface area (Å²) in [5.74, 6) is 0.278. The maximum atomic E-state index is 12.8. The molecule has 9 heteroatoms. The SMILES string of the molecule is CCOC(=O)CNc1cc(NC(=O)c2cc3cc(Cl)ccc3[nH]2)cc2c1OCCCO2. The smallest absolute Gasteiger partial charge is 0.325 e. The first-order chi connectivity index (χ1) is 15.0. The molecule has 1 aromatic heterocycles. The highest BCUT2D eigenvalue weighted by atomic mass is 35.5. The molecule has 0 saturated carbocycles. The molecule has 31 heavy (non-hydrogen) atoms. The van der Waals surface area contributed by atoms with Crippen LogP contribution >= 0.6 is 11.6 Å². The number of rotatable bonds is 6. The standard InChI is InChI=1S/C22H22ClN3O5/c1-2-29-20(27)12-24-17-10-15(11-19-21(17)31-7-3-6-30-19)25-22(28)18-9-13-8-14(23)4-5-16(13)26-18/h4-5,8-11,24,26H,2-3,6-7,12H2,1H3,(H,25,28). The van der Waals surface area contributed by atoms with Gasteiger partial charge >= 0.3 is 5.97 Å². The molecule has 0 bridgehead atoms. The van der Waals surface area contributed by atoms with Gasteiger partial charge in [0.25, 0.3) is 5.91 Å². The molecule has 1 amide bonds. The van der Waals surface area contributed by atoms with Crippen LogP contribution in [0.25, 0.3) is 10.9 Å². The number of esters is 1. The molecule has 0 unspecified atom stereocenters. The van der Waals surface area contributed by atoms with Crippen molar-refractivity contribution in [2.24, 2.45) is 0 Å². The second-order valence-corrected chi connectivity index (χ2v) is 7.37. The van der Waals surface area contributed by atoms with Crippen LogP contribution in [-0.2, 0) is 9.53 Å². The number of aromatic amines is 1. The molecule has 1 aliphatic rings. The molecule has 0 aliphatic carbocycles. The van der Waals surface area contributed by atoms with Crippen molar-refractivity contribution in [3.63, 3.8) is 0 Å². The third-order valence-corrected chi connectivity index (χ3v) is 4.90. The number of nitrogens with one attached hydrogen (secondary N) is 3. The van der Waals surface area contributed by atoms with E-state index in [9.17, 15) is 9.59 Å². The maximum Gasteiger partial charge on any atom is 0.325 e. The van der Waals surface area contributed by atoms with E-state index in [1.165, 1.54) is 0 Å². The molecule has 0 spiro atoms. The number of carbonyl (C=O) groups is 2. The number of amides is 1. The fraction of sp³-hybridized carbons (Fsp3) is 0.273. The summed E-state index contributed by atoms with van der Waals surface area (Å²) in [6, 6.07) is 10.5. The van der Waals surface area contributed by atoms with E-state index in [1.54, 1.807) is 37.3 Å². The van der Waals surface area contributed by atoms with Crippen molar-refractivity contribution >= 4 is 45.8 Å². The summed E-state index contributed by atoms with van der Waals surface area (Å²) >= 11 is 6.03. The van der Waals surface area contributed by atoms with Crippen molar-refractivity contribution in [1.82, 2.24) is 4.98 Å². The zero-order valence-corrected chi connectivity index (χ0v) is 17.7. The van der Waals surface area contributed by atoms with E-state index in [2.05, 4.69) is 15.6 Å². The Kier molecular flexibility index (Phi) is 6.18. The summed E-state index contributed by atoms with van der Waals surface area (Å²) in [7, 11) is 0. The summed E-state index contributed by atoms with van der Waals surface area (Å²) in [6.45, 7) is 2.98. The topological polar surface area (TPSA) is 102 Å². The van der Waals surface area contributed by atoms with Gasteiger partial charge in [0, 0.05) is 34.1 Å². The predicted molar refractivity (Wildman–Crippen MR) is 118 cm³/mol. The number of H-pyrrole nitrogens is 1. The molecule has 0 saturated heterocycles. The summed E-state index contributed by atoms with van der Waals surface area (Å²) in [6.07, 6.45) is 0.727. The van der Waals surface area contributed by atoms with E-state index in [0.717, 1.165) is 17.3 Å². The Hall–Kier alpha value is -3.39. The van der Waals surface area contributed by atoms with E-state index in [-0.39, 0.29) is 12.5 Å². The lowest BCUT2D eigenvalue weighted by Gasteiger charge is -2.16. The lowest BCUT2D eigenvalue weighted by molar-refractivity contribution is -0.140. The van der Waals surface area contributed by atoms with E-state index < -0.39 is 5.97 Å². The highest BCUT2D eigenvalue weighted by Gasteiger charge is 2.19. The molecule has 1 aliphatic heterocycles. The van der Waals surface area contributed by atoms with Crippen molar-refractivity contribution in [2.75, 3.05) is 37.0 Å². The molecule has 8 nitrogen and oxygen atoms in total. The minimum Gasteiger partial charge on any atom is -0.489 e. The Morgan fingerprint density at radius 1 is 1.16 bits per heavy atom. The molecule has 0 atom stereocenters. The van der Waals surface area contributed by atoms with E-state index >= 15 is 0 Å². The number of ether oxygens (including phenoxy) is 3. The van der Waals surface area contributed by atoms with Gasteiger partial charge in [-0.05, 0) is 37.3 Å². The van der Waals surface area contributed by atoms with Gasteiger partial charge in [0.2, 0.25) is 0 Å². The number of hydrogen-bond donors (Lipinski definition) is 3. The number of anilines is 2. The minimum atomic E-state index is -0.392. The van der Waals surface area contributed by atoms with Crippen LogP contribution in [0.1, 0.15) is 23.8 Å². The Labute approximate surface area is 183 Å².